The molecule has 0 aromatic heterocycles. The molecule has 0 saturated carbocycles. The van der Waals surface area contributed by atoms with Gasteiger partial charge in [0.25, 0.3) is 0 Å². The van der Waals surface area contributed by atoms with E-state index in [-0.39, 0.29) is 5.60 Å². The summed E-state index contributed by atoms with van der Waals surface area (Å²) in [6.07, 6.45) is 3.98. The number of piperidine rings is 1. The largest absolute Gasteiger partial charge is 0.390 e. The Labute approximate surface area is 81.9 Å². The van der Waals surface area contributed by atoms with E-state index < -0.39 is 0 Å². The maximum atomic E-state index is 10.1. The first kappa shape index (κ1) is 11.0. The van der Waals surface area contributed by atoms with Crippen LogP contribution >= 0.6 is 0 Å². The van der Waals surface area contributed by atoms with Crippen molar-refractivity contribution in [1.82, 2.24) is 4.90 Å². The smallest absolute Gasteiger partial charge is 0.0672 e. The number of likely N-dealkylation sites (tertiary alicyclic amines) is 1. The Kier molecular flexibility index (Phi) is 3.74. The zero-order chi connectivity index (χ0) is 9.90. The highest BCUT2D eigenvalue weighted by Crippen LogP contribution is 2.27. The van der Waals surface area contributed by atoms with E-state index in [1.54, 1.807) is 0 Å². The van der Waals surface area contributed by atoms with Crippen LogP contribution in [0.5, 0.6) is 0 Å². The molecular formula is C11H23NO. The lowest BCUT2D eigenvalue weighted by Gasteiger charge is -2.40. The molecule has 1 fully saturated rings. The fraction of sp³-hybridized carbons (Fsp3) is 1.00. The predicted molar refractivity (Wildman–Crippen MR) is 55.8 cm³/mol. The van der Waals surface area contributed by atoms with Gasteiger partial charge in [-0.05, 0) is 33.1 Å². The molecule has 2 heteroatoms. The Hall–Kier alpha value is -0.0800. The molecule has 0 bridgehead atoms. The lowest BCUT2D eigenvalue weighted by Crippen LogP contribution is -2.46. The highest BCUT2D eigenvalue weighted by atomic mass is 16.3. The van der Waals surface area contributed by atoms with Gasteiger partial charge in [0.2, 0.25) is 0 Å². The van der Waals surface area contributed by atoms with Gasteiger partial charge in [0.05, 0.1) is 5.60 Å². The topological polar surface area (TPSA) is 23.5 Å². The van der Waals surface area contributed by atoms with Crippen LogP contribution in [0.1, 0.15) is 46.5 Å². The molecule has 0 amide bonds. The summed E-state index contributed by atoms with van der Waals surface area (Å²) in [6, 6.07) is 0.631. The Morgan fingerprint density at radius 2 is 1.85 bits per heavy atom. The first-order valence-corrected chi connectivity index (χ1v) is 5.54. The van der Waals surface area contributed by atoms with Gasteiger partial charge in [0.1, 0.15) is 0 Å². The van der Waals surface area contributed by atoms with Gasteiger partial charge in [0.15, 0.2) is 0 Å². The summed E-state index contributed by atoms with van der Waals surface area (Å²) in [5, 5.41) is 10.1. The SMILES string of the molecule is CCCC1(O)CCN(C(C)C)CC1. The van der Waals surface area contributed by atoms with Crippen molar-refractivity contribution in [2.24, 2.45) is 0 Å². The number of hydrogen-bond acceptors (Lipinski definition) is 2. The van der Waals surface area contributed by atoms with Crippen molar-refractivity contribution in [2.75, 3.05) is 13.1 Å². The molecule has 1 rings (SSSR count). The zero-order valence-electron chi connectivity index (χ0n) is 9.21. The van der Waals surface area contributed by atoms with Gasteiger partial charge in [-0.25, -0.2) is 0 Å². The van der Waals surface area contributed by atoms with E-state index in [4.69, 9.17) is 0 Å². The Morgan fingerprint density at radius 1 is 1.31 bits per heavy atom. The van der Waals surface area contributed by atoms with Gasteiger partial charge in [-0.2, -0.15) is 0 Å². The quantitative estimate of drug-likeness (QED) is 0.727. The van der Waals surface area contributed by atoms with Crippen LogP contribution in [-0.4, -0.2) is 34.7 Å². The number of rotatable bonds is 3. The van der Waals surface area contributed by atoms with E-state index in [1.165, 1.54) is 0 Å². The molecule has 1 aliphatic rings. The normalized spacial score (nSPS) is 23.8. The summed E-state index contributed by atoms with van der Waals surface area (Å²) in [4.78, 5) is 2.45. The van der Waals surface area contributed by atoms with Crippen molar-refractivity contribution in [3.63, 3.8) is 0 Å². The lowest BCUT2D eigenvalue weighted by atomic mass is 9.87. The van der Waals surface area contributed by atoms with Crippen molar-refractivity contribution >= 4 is 0 Å². The number of hydrogen-bond donors (Lipinski definition) is 1. The minimum Gasteiger partial charge on any atom is -0.390 e. The van der Waals surface area contributed by atoms with Crippen molar-refractivity contribution in [1.29, 1.82) is 0 Å². The van der Waals surface area contributed by atoms with E-state index in [9.17, 15) is 5.11 Å². The first-order valence-electron chi connectivity index (χ1n) is 5.54. The highest BCUT2D eigenvalue weighted by Gasteiger charge is 2.31. The molecule has 0 aromatic rings. The summed E-state index contributed by atoms with van der Waals surface area (Å²) in [5.74, 6) is 0. The fourth-order valence-electron chi connectivity index (χ4n) is 2.17. The van der Waals surface area contributed by atoms with E-state index in [2.05, 4.69) is 25.7 Å². The molecule has 0 aliphatic carbocycles. The second-order valence-corrected chi connectivity index (χ2v) is 4.60. The van der Waals surface area contributed by atoms with Gasteiger partial charge in [0, 0.05) is 19.1 Å². The van der Waals surface area contributed by atoms with Gasteiger partial charge < -0.3 is 10.0 Å². The molecule has 78 valence electrons. The second-order valence-electron chi connectivity index (χ2n) is 4.60. The Balaban J connectivity index is 2.37. The van der Waals surface area contributed by atoms with E-state index in [0.29, 0.717) is 6.04 Å². The Bertz CT molecular complexity index is 148. The van der Waals surface area contributed by atoms with E-state index in [1.807, 2.05) is 0 Å². The average Bonchev–Trinajstić information content (AvgIpc) is 2.05. The lowest BCUT2D eigenvalue weighted by molar-refractivity contribution is -0.0341. The number of aliphatic hydroxyl groups is 1. The van der Waals surface area contributed by atoms with Gasteiger partial charge in [-0.3, -0.25) is 0 Å². The molecule has 13 heavy (non-hydrogen) atoms. The standard InChI is InChI=1S/C11H23NO/c1-4-5-11(13)6-8-12(9-7-11)10(2)3/h10,13H,4-9H2,1-3H3. The van der Waals surface area contributed by atoms with Crippen molar-refractivity contribution in [3.05, 3.63) is 0 Å². The van der Waals surface area contributed by atoms with Crippen molar-refractivity contribution in [3.8, 4) is 0 Å². The van der Waals surface area contributed by atoms with Crippen molar-refractivity contribution in [2.45, 2.75) is 58.1 Å². The minimum absolute atomic E-state index is 0.347. The van der Waals surface area contributed by atoms with Crippen LogP contribution in [0.2, 0.25) is 0 Å². The first-order chi connectivity index (χ1) is 6.07. The van der Waals surface area contributed by atoms with Crippen LogP contribution in [0, 0.1) is 0 Å². The van der Waals surface area contributed by atoms with Gasteiger partial charge in [-0.1, -0.05) is 13.3 Å². The molecule has 1 aliphatic heterocycles. The van der Waals surface area contributed by atoms with Crippen LogP contribution in [-0.2, 0) is 0 Å². The number of nitrogens with zero attached hydrogens (tertiary/aromatic N) is 1. The molecular weight excluding hydrogens is 162 g/mol. The zero-order valence-corrected chi connectivity index (χ0v) is 9.21. The van der Waals surface area contributed by atoms with Crippen molar-refractivity contribution < 1.29 is 5.11 Å². The Morgan fingerprint density at radius 3 is 2.23 bits per heavy atom. The van der Waals surface area contributed by atoms with Gasteiger partial charge >= 0.3 is 0 Å². The van der Waals surface area contributed by atoms with E-state index >= 15 is 0 Å². The third kappa shape index (κ3) is 2.96. The van der Waals surface area contributed by atoms with Crippen LogP contribution < -0.4 is 0 Å². The maximum Gasteiger partial charge on any atom is 0.0672 e. The molecule has 2 nitrogen and oxygen atoms in total. The molecule has 0 aromatic carbocycles. The summed E-state index contributed by atoms with van der Waals surface area (Å²) in [7, 11) is 0. The predicted octanol–water partition coefficient (Wildman–Crippen LogP) is 2.02. The molecule has 1 heterocycles. The summed E-state index contributed by atoms with van der Waals surface area (Å²) < 4.78 is 0. The van der Waals surface area contributed by atoms with Crippen LogP contribution in [0.3, 0.4) is 0 Å². The summed E-state index contributed by atoms with van der Waals surface area (Å²) in [6.45, 7) is 8.73. The minimum atomic E-state index is -0.347. The molecule has 1 N–H and O–H groups in total. The van der Waals surface area contributed by atoms with Crippen LogP contribution in [0.4, 0.5) is 0 Å². The third-order valence-electron chi connectivity index (χ3n) is 3.17. The van der Waals surface area contributed by atoms with E-state index in [0.717, 1.165) is 38.8 Å². The summed E-state index contributed by atoms with van der Waals surface area (Å²) in [5.41, 5.74) is -0.347. The third-order valence-corrected chi connectivity index (χ3v) is 3.17. The second kappa shape index (κ2) is 4.43. The van der Waals surface area contributed by atoms with Crippen LogP contribution in [0.15, 0.2) is 0 Å². The van der Waals surface area contributed by atoms with Crippen LogP contribution in [0.25, 0.3) is 0 Å². The molecule has 0 spiro atoms. The highest BCUT2D eigenvalue weighted by molar-refractivity contribution is 4.86. The molecule has 0 unspecified atom stereocenters. The van der Waals surface area contributed by atoms with Gasteiger partial charge in [-0.15, -0.1) is 0 Å². The maximum absolute atomic E-state index is 10.1. The molecule has 0 atom stereocenters. The molecule has 0 radical (unpaired) electrons. The monoisotopic (exact) mass is 185 g/mol. The summed E-state index contributed by atoms with van der Waals surface area (Å²) >= 11 is 0. The molecule has 1 saturated heterocycles. The fourth-order valence-corrected chi connectivity index (χ4v) is 2.17. The average molecular weight is 185 g/mol.